The Hall–Kier alpha value is -3.17. The van der Waals surface area contributed by atoms with Crippen LogP contribution in [0, 0.1) is 0 Å². The van der Waals surface area contributed by atoms with Gasteiger partial charge in [0.05, 0.1) is 28.7 Å². The summed E-state index contributed by atoms with van der Waals surface area (Å²) in [5, 5.41) is 6.50. The van der Waals surface area contributed by atoms with Crippen LogP contribution in [-0.4, -0.2) is 53.8 Å². The van der Waals surface area contributed by atoms with E-state index in [1.165, 1.54) is 0 Å². The number of thioether (sulfide) groups is 1. The van der Waals surface area contributed by atoms with E-state index in [0.29, 0.717) is 31.3 Å². The number of ether oxygens (including phenoxy) is 1. The lowest BCUT2D eigenvalue weighted by Gasteiger charge is -2.30. The molecule has 0 spiro atoms. The third-order valence-electron chi connectivity index (χ3n) is 5.40. The van der Waals surface area contributed by atoms with E-state index in [-0.39, 0.29) is 10.8 Å². The number of nitrogens with one attached hydrogen (secondary N) is 2. The summed E-state index contributed by atoms with van der Waals surface area (Å²) in [5.41, 5.74) is 2.53. The number of carbonyl (C=O) groups excluding carboxylic acids is 1. The predicted octanol–water partition coefficient (Wildman–Crippen LogP) is 4.54. The Kier molecular flexibility index (Phi) is 7.64. The maximum Gasteiger partial charge on any atom is 0.319 e. The molecule has 2 N–H and O–H groups in total. The number of carbonyl (C=O) groups is 1. The number of urea groups is 1. The van der Waals surface area contributed by atoms with Crippen LogP contribution < -0.4 is 15.5 Å². The average molecular weight is 479 g/mol. The molecule has 8 nitrogen and oxygen atoms in total. The van der Waals surface area contributed by atoms with E-state index in [0.717, 1.165) is 35.2 Å². The molecule has 34 heavy (non-hydrogen) atoms. The normalized spacial score (nSPS) is 14.0. The quantitative estimate of drug-likeness (QED) is 0.482. The number of benzene rings is 1. The molecule has 1 aliphatic rings. The number of pyridine rings is 1. The van der Waals surface area contributed by atoms with Crippen molar-refractivity contribution in [3.63, 3.8) is 0 Å². The van der Waals surface area contributed by atoms with Crippen molar-refractivity contribution < 1.29 is 9.53 Å². The fourth-order valence-electron chi connectivity index (χ4n) is 3.59. The number of hydrogen-bond donors (Lipinski definition) is 2. The Bertz CT molecular complexity index is 1100. The van der Waals surface area contributed by atoms with Crippen LogP contribution in [0.1, 0.15) is 26.5 Å². The summed E-state index contributed by atoms with van der Waals surface area (Å²) in [6.45, 7) is 9.70. The molecular weight excluding hydrogens is 448 g/mol. The summed E-state index contributed by atoms with van der Waals surface area (Å²) in [6.07, 6.45) is 1.80. The minimum absolute atomic E-state index is 0.226. The summed E-state index contributed by atoms with van der Waals surface area (Å²) in [5.74, 6) is 1.54. The molecule has 3 aromatic rings. The minimum atomic E-state index is -0.327. The molecule has 9 heteroatoms. The summed E-state index contributed by atoms with van der Waals surface area (Å²) in [7, 11) is 0. The second-order valence-electron chi connectivity index (χ2n) is 8.38. The van der Waals surface area contributed by atoms with Crippen LogP contribution in [0.25, 0.3) is 11.4 Å². The zero-order valence-corrected chi connectivity index (χ0v) is 20.6. The first-order chi connectivity index (χ1) is 16.4. The molecule has 0 bridgehead atoms. The summed E-state index contributed by atoms with van der Waals surface area (Å²) in [6, 6.07) is 15.4. The molecule has 1 aliphatic heterocycles. The first-order valence-electron chi connectivity index (χ1n) is 11.4. The third-order valence-corrected chi connectivity index (χ3v) is 6.57. The fraction of sp³-hybridized carbons (Fsp3) is 0.360. The molecule has 0 radical (unpaired) electrons. The minimum Gasteiger partial charge on any atom is -0.378 e. The molecule has 1 fully saturated rings. The smallest absolute Gasteiger partial charge is 0.319 e. The summed E-state index contributed by atoms with van der Waals surface area (Å²) < 4.78 is 5.21. The van der Waals surface area contributed by atoms with Crippen LogP contribution in [0.2, 0.25) is 0 Å². The van der Waals surface area contributed by atoms with Gasteiger partial charge >= 0.3 is 6.03 Å². The van der Waals surface area contributed by atoms with Crippen molar-refractivity contribution in [2.45, 2.75) is 30.5 Å². The van der Waals surface area contributed by atoms with Gasteiger partial charge in [-0.15, -0.1) is 0 Å². The van der Waals surface area contributed by atoms with Crippen molar-refractivity contribution in [2.24, 2.45) is 0 Å². The van der Waals surface area contributed by atoms with Crippen molar-refractivity contribution >= 4 is 29.3 Å². The number of nitrogens with zero attached hydrogens (tertiary/aromatic N) is 4. The lowest BCUT2D eigenvalue weighted by Crippen LogP contribution is -2.37. The van der Waals surface area contributed by atoms with E-state index in [4.69, 9.17) is 14.7 Å². The number of hydrogen-bond acceptors (Lipinski definition) is 7. The topological polar surface area (TPSA) is 92.3 Å². The van der Waals surface area contributed by atoms with E-state index < -0.39 is 0 Å². The summed E-state index contributed by atoms with van der Waals surface area (Å²) in [4.78, 5) is 28.4. The van der Waals surface area contributed by atoms with Gasteiger partial charge in [0.2, 0.25) is 0 Å². The van der Waals surface area contributed by atoms with Crippen molar-refractivity contribution in [2.75, 3.05) is 43.1 Å². The van der Waals surface area contributed by atoms with Crippen LogP contribution in [0.4, 0.5) is 16.3 Å². The molecule has 3 heterocycles. The molecular formula is C25H30N6O2S. The molecule has 1 aromatic carbocycles. The average Bonchev–Trinajstić information content (AvgIpc) is 2.85. The highest BCUT2D eigenvalue weighted by molar-refractivity contribution is 8.00. The molecule has 0 unspecified atom stereocenters. The maximum atomic E-state index is 11.8. The lowest BCUT2D eigenvalue weighted by molar-refractivity contribution is 0.122. The molecule has 2 amide bonds. The van der Waals surface area contributed by atoms with Crippen LogP contribution in [0.3, 0.4) is 0 Å². The second kappa shape index (κ2) is 10.8. The van der Waals surface area contributed by atoms with Crippen molar-refractivity contribution in [1.82, 2.24) is 20.3 Å². The summed E-state index contributed by atoms with van der Waals surface area (Å²) >= 11 is 1.67. The zero-order chi connectivity index (χ0) is 24.0. The van der Waals surface area contributed by atoms with Crippen LogP contribution in [0.5, 0.6) is 0 Å². The van der Waals surface area contributed by atoms with Gasteiger partial charge in [0.25, 0.3) is 0 Å². The molecule has 0 aliphatic carbocycles. The molecule has 178 valence electrons. The molecule has 4 rings (SSSR count). The molecule has 2 aromatic heterocycles. The van der Waals surface area contributed by atoms with Crippen LogP contribution in [0.15, 0.2) is 59.8 Å². The standard InChI is InChI=1S/C25H30N6O2S/c1-4-26-24(32)28-19-10-8-18(9-11-19)23-29-20(17-21(30-23)31-13-15-33-16-14-31)25(2,3)34-22-7-5-6-12-27-22/h5-12,17H,4,13-16H2,1-3H3,(H2,26,28,32). The number of amides is 2. The van der Waals surface area contributed by atoms with Crippen LogP contribution in [-0.2, 0) is 9.48 Å². The van der Waals surface area contributed by atoms with Crippen molar-refractivity contribution in [3.05, 3.63) is 60.4 Å². The molecule has 1 saturated heterocycles. The maximum absolute atomic E-state index is 11.8. The van der Waals surface area contributed by atoms with Crippen LogP contribution >= 0.6 is 11.8 Å². The SMILES string of the molecule is CCNC(=O)Nc1ccc(-c2nc(N3CCOCC3)cc(C(C)(C)Sc3ccccn3)n2)cc1. The monoisotopic (exact) mass is 478 g/mol. The number of rotatable bonds is 7. The highest BCUT2D eigenvalue weighted by Gasteiger charge is 2.27. The van der Waals surface area contributed by atoms with Gasteiger partial charge in [-0.1, -0.05) is 17.8 Å². The zero-order valence-electron chi connectivity index (χ0n) is 19.7. The number of anilines is 2. The highest BCUT2D eigenvalue weighted by atomic mass is 32.2. The Morgan fingerprint density at radius 3 is 2.56 bits per heavy atom. The van der Waals surface area contributed by atoms with Gasteiger partial charge in [-0.05, 0) is 57.2 Å². The van der Waals surface area contributed by atoms with Gasteiger partial charge in [-0.25, -0.2) is 19.7 Å². The van der Waals surface area contributed by atoms with E-state index >= 15 is 0 Å². The van der Waals surface area contributed by atoms with Gasteiger partial charge in [0, 0.05) is 43.1 Å². The number of morpholine rings is 1. The van der Waals surface area contributed by atoms with Crippen molar-refractivity contribution in [3.8, 4) is 11.4 Å². The molecule has 0 saturated carbocycles. The highest BCUT2D eigenvalue weighted by Crippen LogP contribution is 2.40. The van der Waals surface area contributed by atoms with Gasteiger partial charge < -0.3 is 20.3 Å². The molecule has 0 atom stereocenters. The number of aromatic nitrogens is 3. The van der Waals surface area contributed by atoms with Gasteiger partial charge in [-0.2, -0.15) is 0 Å². The fourth-order valence-corrected chi connectivity index (χ4v) is 4.58. The lowest BCUT2D eigenvalue weighted by atomic mass is 10.1. The van der Waals surface area contributed by atoms with Gasteiger partial charge in [-0.3, -0.25) is 0 Å². The van der Waals surface area contributed by atoms with Gasteiger partial charge in [0.15, 0.2) is 5.82 Å². The Morgan fingerprint density at radius 1 is 1.12 bits per heavy atom. The van der Waals surface area contributed by atoms with Crippen molar-refractivity contribution in [1.29, 1.82) is 0 Å². The van der Waals surface area contributed by atoms with E-state index in [1.807, 2.05) is 49.4 Å². The van der Waals surface area contributed by atoms with Gasteiger partial charge in [0.1, 0.15) is 5.82 Å². The predicted molar refractivity (Wildman–Crippen MR) is 136 cm³/mol. The van der Waals surface area contributed by atoms with E-state index in [2.05, 4.69) is 40.4 Å². The third kappa shape index (κ3) is 6.03. The van der Waals surface area contributed by atoms with E-state index in [9.17, 15) is 4.79 Å². The first-order valence-corrected chi connectivity index (χ1v) is 12.2. The Balaban J connectivity index is 1.67. The largest absolute Gasteiger partial charge is 0.378 e. The first kappa shape index (κ1) is 24.0. The van der Waals surface area contributed by atoms with E-state index in [1.54, 1.807) is 18.0 Å². The Morgan fingerprint density at radius 2 is 1.88 bits per heavy atom. The Labute approximate surface area is 204 Å². The second-order valence-corrected chi connectivity index (χ2v) is 10.0.